The van der Waals surface area contributed by atoms with Gasteiger partial charge in [0.2, 0.25) is 0 Å². The van der Waals surface area contributed by atoms with Crippen LogP contribution in [0.15, 0.2) is 23.1 Å². The quantitative estimate of drug-likeness (QED) is 0.772. The molecule has 0 radical (unpaired) electrons. The summed E-state index contributed by atoms with van der Waals surface area (Å²) < 4.78 is 13.4. The molecule has 1 atom stereocenters. The van der Waals surface area contributed by atoms with Crippen LogP contribution in [-0.2, 0) is 6.42 Å². The number of hydrogen-bond donors (Lipinski definition) is 1. The van der Waals surface area contributed by atoms with Crippen molar-refractivity contribution in [1.29, 1.82) is 0 Å². The van der Waals surface area contributed by atoms with Crippen LogP contribution in [0.3, 0.4) is 0 Å². The molecule has 76 valence electrons. The third-order valence-electron chi connectivity index (χ3n) is 2.52. The third-order valence-corrected chi connectivity index (χ3v) is 4.19. The van der Waals surface area contributed by atoms with Crippen molar-refractivity contribution in [1.82, 2.24) is 0 Å². The molecule has 1 aromatic rings. The van der Waals surface area contributed by atoms with E-state index in [4.69, 9.17) is 0 Å². The van der Waals surface area contributed by atoms with E-state index in [0.717, 1.165) is 10.5 Å². The van der Waals surface area contributed by atoms with E-state index in [2.05, 4.69) is 0 Å². The maximum absolute atomic E-state index is 13.4. The molecule has 0 aromatic heterocycles. The Bertz CT molecular complexity index is 357. The normalized spacial score (nSPS) is 21.0. The van der Waals surface area contributed by atoms with Gasteiger partial charge in [-0.15, -0.1) is 11.8 Å². The van der Waals surface area contributed by atoms with Gasteiger partial charge >= 0.3 is 0 Å². The number of hydrogen-bond acceptors (Lipinski definition) is 2. The fourth-order valence-corrected chi connectivity index (χ4v) is 2.95. The highest BCUT2D eigenvalue weighted by Gasteiger charge is 2.34. The molecule has 0 bridgehead atoms. The van der Waals surface area contributed by atoms with Gasteiger partial charge in [-0.1, -0.05) is 6.07 Å². The molecule has 3 heteroatoms. The number of halogens is 1. The van der Waals surface area contributed by atoms with Gasteiger partial charge in [0.25, 0.3) is 0 Å². The predicted octanol–water partition coefficient (Wildman–Crippen LogP) is 2.61. The lowest BCUT2D eigenvalue weighted by atomic mass is 9.98. The zero-order valence-electron chi connectivity index (χ0n) is 8.25. The molecule has 1 aromatic carbocycles. The first-order valence-electron chi connectivity index (χ1n) is 4.65. The van der Waals surface area contributed by atoms with Crippen LogP contribution in [0.1, 0.15) is 19.4 Å². The maximum Gasteiger partial charge on any atom is 0.127 e. The van der Waals surface area contributed by atoms with Crippen LogP contribution in [0.4, 0.5) is 4.39 Å². The van der Waals surface area contributed by atoms with E-state index in [1.807, 2.05) is 6.07 Å². The standard InChI is InChI=1S/C11H13FOS/c1-11(2,13)10-6-7-8(12)4-3-5-9(7)14-10/h3-5,10,13H,6H2,1-2H3. The monoisotopic (exact) mass is 212 g/mol. The van der Waals surface area contributed by atoms with Crippen LogP contribution >= 0.6 is 11.8 Å². The Labute approximate surface area is 87.3 Å². The highest BCUT2D eigenvalue weighted by Crippen LogP contribution is 2.42. The highest BCUT2D eigenvalue weighted by atomic mass is 32.2. The second-order valence-corrected chi connectivity index (χ2v) is 5.43. The van der Waals surface area contributed by atoms with E-state index in [9.17, 15) is 9.50 Å². The zero-order chi connectivity index (χ0) is 10.3. The van der Waals surface area contributed by atoms with Gasteiger partial charge in [0.05, 0.1) is 5.60 Å². The largest absolute Gasteiger partial charge is 0.389 e. The average Bonchev–Trinajstić information content (AvgIpc) is 2.48. The summed E-state index contributed by atoms with van der Waals surface area (Å²) in [5.41, 5.74) is 0.000440. The van der Waals surface area contributed by atoms with E-state index < -0.39 is 5.60 Å². The minimum atomic E-state index is -0.754. The van der Waals surface area contributed by atoms with Crippen molar-refractivity contribution in [2.75, 3.05) is 0 Å². The molecule has 1 N–H and O–H groups in total. The summed E-state index contributed by atoms with van der Waals surface area (Å²) in [6, 6.07) is 5.11. The molecule has 0 spiro atoms. The number of benzene rings is 1. The summed E-state index contributed by atoms with van der Waals surface area (Å²) in [5, 5.41) is 9.90. The molecule has 0 saturated heterocycles. The van der Waals surface area contributed by atoms with Crippen molar-refractivity contribution in [3.63, 3.8) is 0 Å². The summed E-state index contributed by atoms with van der Waals surface area (Å²) in [4.78, 5) is 0.970. The van der Waals surface area contributed by atoms with Crippen LogP contribution < -0.4 is 0 Å². The molecule has 0 saturated carbocycles. The number of aliphatic hydroxyl groups is 1. The second-order valence-electron chi connectivity index (χ2n) is 4.18. The molecular weight excluding hydrogens is 199 g/mol. The Hall–Kier alpha value is -0.540. The third kappa shape index (κ3) is 1.66. The minimum Gasteiger partial charge on any atom is -0.389 e. The smallest absolute Gasteiger partial charge is 0.127 e. The van der Waals surface area contributed by atoms with Crippen molar-refractivity contribution in [2.45, 2.75) is 36.0 Å². The molecule has 1 nitrogen and oxygen atoms in total. The number of fused-ring (bicyclic) bond motifs is 1. The van der Waals surface area contributed by atoms with E-state index in [1.165, 1.54) is 6.07 Å². The first-order valence-corrected chi connectivity index (χ1v) is 5.53. The van der Waals surface area contributed by atoms with Gasteiger partial charge in [-0.05, 0) is 32.4 Å². The van der Waals surface area contributed by atoms with Gasteiger partial charge in [-0.25, -0.2) is 4.39 Å². The lowest BCUT2D eigenvalue weighted by Crippen LogP contribution is -2.33. The van der Waals surface area contributed by atoms with Gasteiger partial charge in [-0.3, -0.25) is 0 Å². The molecule has 1 aliphatic rings. The van der Waals surface area contributed by atoms with Crippen LogP contribution in [0.25, 0.3) is 0 Å². The maximum atomic E-state index is 13.4. The van der Waals surface area contributed by atoms with E-state index >= 15 is 0 Å². The van der Waals surface area contributed by atoms with E-state index in [0.29, 0.717) is 6.42 Å². The first kappa shape index (κ1) is 9.99. The summed E-state index contributed by atoms with van der Waals surface area (Å²) in [6.45, 7) is 3.54. The van der Waals surface area contributed by atoms with Crippen molar-refractivity contribution >= 4 is 11.8 Å². The Balaban J connectivity index is 2.31. The number of rotatable bonds is 1. The Kier molecular flexibility index (Phi) is 2.32. The second kappa shape index (κ2) is 3.24. The predicted molar refractivity (Wildman–Crippen MR) is 56.0 cm³/mol. The van der Waals surface area contributed by atoms with Crippen molar-refractivity contribution < 1.29 is 9.50 Å². The van der Waals surface area contributed by atoms with Crippen molar-refractivity contribution in [2.24, 2.45) is 0 Å². The Morgan fingerprint density at radius 1 is 1.50 bits per heavy atom. The first-order chi connectivity index (χ1) is 6.48. The Morgan fingerprint density at radius 3 is 2.79 bits per heavy atom. The summed E-state index contributed by atoms with van der Waals surface area (Å²) >= 11 is 1.57. The van der Waals surface area contributed by atoms with E-state index in [1.54, 1.807) is 31.7 Å². The molecular formula is C11H13FOS. The van der Waals surface area contributed by atoms with Crippen LogP contribution in [-0.4, -0.2) is 16.0 Å². The van der Waals surface area contributed by atoms with Gasteiger partial charge in [0.15, 0.2) is 0 Å². The summed E-state index contributed by atoms with van der Waals surface area (Å²) in [7, 11) is 0. The lowest BCUT2D eigenvalue weighted by molar-refractivity contribution is 0.0785. The minimum absolute atomic E-state index is 0.0643. The number of thioether (sulfide) groups is 1. The fourth-order valence-electron chi connectivity index (χ4n) is 1.62. The average molecular weight is 212 g/mol. The zero-order valence-corrected chi connectivity index (χ0v) is 9.07. The SMILES string of the molecule is CC(C)(O)C1Cc2c(F)cccc2S1. The van der Waals surface area contributed by atoms with Crippen LogP contribution in [0.5, 0.6) is 0 Å². The molecule has 2 rings (SSSR count). The van der Waals surface area contributed by atoms with Gasteiger partial charge in [-0.2, -0.15) is 0 Å². The Morgan fingerprint density at radius 2 is 2.21 bits per heavy atom. The van der Waals surface area contributed by atoms with Crippen molar-refractivity contribution in [3.8, 4) is 0 Å². The summed E-state index contributed by atoms with van der Waals surface area (Å²) in [5.74, 6) is -0.151. The fraction of sp³-hybridized carbons (Fsp3) is 0.455. The molecule has 14 heavy (non-hydrogen) atoms. The van der Waals surface area contributed by atoms with Crippen LogP contribution in [0.2, 0.25) is 0 Å². The van der Waals surface area contributed by atoms with Crippen molar-refractivity contribution in [3.05, 3.63) is 29.6 Å². The topological polar surface area (TPSA) is 20.2 Å². The van der Waals surface area contributed by atoms with E-state index in [-0.39, 0.29) is 11.1 Å². The molecule has 1 heterocycles. The molecule has 0 fully saturated rings. The van der Waals surface area contributed by atoms with Gasteiger partial charge in [0, 0.05) is 15.7 Å². The van der Waals surface area contributed by atoms with Gasteiger partial charge in [0.1, 0.15) is 5.82 Å². The van der Waals surface area contributed by atoms with Crippen LogP contribution in [0, 0.1) is 5.82 Å². The molecule has 1 aliphatic heterocycles. The summed E-state index contributed by atoms with van der Waals surface area (Å²) in [6.07, 6.45) is 0.621. The lowest BCUT2D eigenvalue weighted by Gasteiger charge is -2.23. The highest BCUT2D eigenvalue weighted by molar-refractivity contribution is 8.00. The molecule has 1 unspecified atom stereocenters. The molecule has 0 aliphatic carbocycles. The molecule has 0 amide bonds. The van der Waals surface area contributed by atoms with Gasteiger partial charge < -0.3 is 5.11 Å².